The number of hydrogen-bond donors (Lipinski definition) is 2. The standard InChI is InChI=1S/C22H30N6O4S.C2H6O/c1-5-7-17-19-20(27(4)25-17)22(29)24-21(23-19)16-14-15(8-9-18(16)32-6-2)33(30,31)28-12-10-26(3)11-13-28;1-2-3/h8-9,14H,5-7,10-13H2,1-4H3,(H,23,24,29);3H,2H2,1H3. The van der Waals surface area contributed by atoms with Gasteiger partial charge in [-0.15, -0.1) is 0 Å². The lowest BCUT2D eigenvalue weighted by Crippen LogP contribution is -2.47. The number of aryl methyl sites for hydroxylation is 2. The van der Waals surface area contributed by atoms with Gasteiger partial charge in [0.2, 0.25) is 10.0 Å². The molecule has 0 amide bonds. The number of aromatic amines is 1. The van der Waals surface area contributed by atoms with Crippen LogP contribution in [0.25, 0.3) is 22.4 Å². The Kier molecular flexibility index (Phi) is 9.23. The van der Waals surface area contributed by atoms with Gasteiger partial charge in [-0.1, -0.05) is 13.3 Å². The fourth-order valence-corrected chi connectivity index (χ4v) is 5.54. The average Bonchev–Trinajstić information content (AvgIpc) is 3.16. The molecule has 1 aromatic carbocycles. The highest BCUT2D eigenvalue weighted by atomic mass is 32.2. The van der Waals surface area contributed by atoms with Crippen LogP contribution in [0.4, 0.5) is 0 Å². The van der Waals surface area contributed by atoms with E-state index in [9.17, 15) is 13.2 Å². The summed E-state index contributed by atoms with van der Waals surface area (Å²) in [5.41, 5.74) is 1.75. The Morgan fingerprint density at radius 1 is 1.11 bits per heavy atom. The number of likely N-dealkylation sites (N-methyl/N-ethyl adjacent to an activating group) is 1. The molecule has 11 nitrogen and oxygen atoms in total. The second-order valence-corrected chi connectivity index (χ2v) is 10.5. The van der Waals surface area contributed by atoms with Gasteiger partial charge < -0.3 is 19.7 Å². The van der Waals surface area contributed by atoms with E-state index in [1.807, 2.05) is 20.9 Å². The van der Waals surface area contributed by atoms with Crippen LogP contribution >= 0.6 is 0 Å². The first-order chi connectivity index (χ1) is 17.2. The van der Waals surface area contributed by atoms with Gasteiger partial charge in [-0.3, -0.25) is 9.48 Å². The van der Waals surface area contributed by atoms with Gasteiger partial charge in [-0.2, -0.15) is 9.40 Å². The number of aromatic nitrogens is 4. The van der Waals surface area contributed by atoms with Crippen molar-refractivity contribution in [2.24, 2.45) is 7.05 Å². The first-order valence-corrected chi connectivity index (χ1v) is 13.6. The minimum absolute atomic E-state index is 0.147. The van der Waals surface area contributed by atoms with E-state index in [1.54, 1.807) is 32.2 Å². The Bertz CT molecular complexity index is 1340. The van der Waals surface area contributed by atoms with Crippen molar-refractivity contribution < 1.29 is 18.3 Å². The van der Waals surface area contributed by atoms with E-state index >= 15 is 0 Å². The lowest BCUT2D eigenvalue weighted by atomic mass is 10.1. The number of hydrogen-bond acceptors (Lipinski definition) is 8. The molecule has 198 valence electrons. The van der Waals surface area contributed by atoms with Crippen LogP contribution < -0.4 is 10.3 Å². The first kappa shape index (κ1) is 27.8. The van der Waals surface area contributed by atoms with E-state index < -0.39 is 10.0 Å². The van der Waals surface area contributed by atoms with Crippen LogP contribution in [0.15, 0.2) is 27.9 Å². The van der Waals surface area contributed by atoms with Gasteiger partial charge in [0.15, 0.2) is 5.52 Å². The summed E-state index contributed by atoms with van der Waals surface area (Å²) in [5.74, 6) is 0.718. The van der Waals surface area contributed by atoms with E-state index in [-0.39, 0.29) is 22.9 Å². The maximum absolute atomic E-state index is 13.3. The molecule has 4 rings (SSSR count). The van der Waals surface area contributed by atoms with Crippen LogP contribution in [0, 0.1) is 0 Å². The number of ether oxygens (including phenoxy) is 1. The summed E-state index contributed by atoms with van der Waals surface area (Å²) in [6.45, 7) is 8.41. The minimum Gasteiger partial charge on any atom is -0.493 e. The van der Waals surface area contributed by atoms with Crippen LogP contribution in [-0.4, -0.2) is 88.9 Å². The van der Waals surface area contributed by atoms with Crippen LogP contribution in [0.2, 0.25) is 0 Å². The quantitative estimate of drug-likeness (QED) is 0.480. The fourth-order valence-electron chi connectivity index (χ4n) is 4.09. The molecule has 0 spiro atoms. The van der Waals surface area contributed by atoms with Gasteiger partial charge in [-0.05, 0) is 45.5 Å². The molecule has 2 N–H and O–H groups in total. The van der Waals surface area contributed by atoms with Gasteiger partial charge in [0.25, 0.3) is 5.56 Å². The highest BCUT2D eigenvalue weighted by molar-refractivity contribution is 7.89. The number of rotatable bonds is 7. The van der Waals surface area contributed by atoms with Gasteiger partial charge in [0, 0.05) is 39.8 Å². The molecule has 3 heterocycles. The third kappa shape index (κ3) is 5.77. The molecule has 1 fully saturated rings. The van der Waals surface area contributed by atoms with Crippen molar-refractivity contribution in [1.29, 1.82) is 0 Å². The molecule has 0 bridgehead atoms. The van der Waals surface area contributed by atoms with Gasteiger partial charge in [0.05, 0.1) is 22.8 Å². The summed E-state index contributed by atoms with van der Waals surface area (Å²) in [7, 11) is -0.00831. The minimum atomic E-state index is -3.70. The van der Waals surface area contributed by atoms with Crippen molar-refractivity contribution >= 4 is 21.1 Å². The lowest BCUT2D eigenvalue weighted by molar-refractivity contribution is 0.222. The number of nitrogens with zero attached hydrogens (tertiary/aromatic N) is 5. The summed E-state index contributed by atoms with van der Waals surface area (Å²) in [6, 6.07) is 4.71. The van der Waals surface area contributed by atoms with Crippen molar-refractivity contribution in [2.45, 2.75) is 38.5 Å². The average molecular weight is 521 g/mol. The molecule has 1 aliphatic rings. The Morgan fingerprint density at radius 3 is 2.39 bits per heavy atom. The van der Waals surface area contributed by atoms with Crippen molar-refractivity contribution in [3.05, 3.63) is 34.2 Å². The van der Waals surface area contributed by atoms with E-state index in [1.165, 1.54) is 8.99 Å². The number of H-pyrrole nitrogens is 1. The molecular formula is C24H36N6O5S. The van der Waals surface area contributed by atoms with Crippen molar-refractivity contribution in [3.8, 4) is 17.1 Å². The second-order valence-electron chi connectivity index (χ2n) is 8.55. The topological polar surface area (TPSA) is 134 Å². The Hall–Kier alpha value is -2.80. The number of benzene rings is 1. The summed E-state index contributed by atoms with van der Waals surface area (Å²) in [6.07, 6.45) is 1.54. The normalized spacial score (nSPS) is 15.1. The van der Waals surface area contributed by atoms with Gasteiger partial charge >= 0.3 is 0 Å². The Balaban J connectivity index is 0.00000115. The highest BCUT2D eigenvalue weighted by Gasteiger charge is 2.29. The van der Waals surface area contributed by atoms with Crippen molar-refractivity contribution in [1.82, 2.24) is 29.0 Å². The monoisotopic (exact) mass is 520 g/mol. The Morgan fingerprint density at radius 2 is 1.78 bits per heavy atom. The molecule has 12 heteroatoms. The van der Waals surface area contributed by atoms with Crippen LogP contribution in [0.5, 0.6) is 5.75 Å². The number of aliphatic hydroxyl groups is 1. The molecule has 1 saturated heterocycles. The van der Waals surface area contributed by atoms with Crippen LogP contribution in [0.1, 0.15) is 32.9 Å². The van der Waals surface area contributed by atoms with E-state index in [4.69, 9.17) is 14.8 Å². The second kappa shape index (κ2) is 12.0. The number of nitrogens with one attached hydrogen (secondary N) is 1. The predicted octanol–water partition coefficient (Wildman–Crippen LogP) is 1.61. The third-order valence-electron chi connectivity index (χ3n) is 5.86. The van der Waals surface area contributed by atoms with E-state index in [2.05, 4.69) is 15.0 Å². The van der Waals surface area contributed by atoms with Gasteiger partial charge in [0.1, 0.15) is 17.1 Å². The summed E-state index contributed by atoms with van der Waals surface area (Å²) >= 11 is 0. The highest BCUT2D eigenvalue weighted by Crippen LogP contribution is 2.32. The molecule has 0 aliphatic carbocycles. The van der Waals surface area contributed by atoms with Crippen LogP contribution in [-0.2, 0) is 23.5 Å². The number of fused-ring (bicyclic) bond motifs is 1. The molecule has 36 heavy (non-hydrogen) atoms. The SMILES string of the molecule is CCCc1nn(C)c2c(=O)[nH]c(-c3cc(S(=O)(=O)N4CCN(C)CC4)ccc3OCC)nc12.CCO. The summed E-state index contributed by atoms with van der Waals surface area (Å²) < 4.78 is 35.4. The van der Waals surface area contributed by atoms with Crippen molar-refractivity contribution in [3.63, 3.8) is 0 Å². The molecule has 0 unspecified atom stereocenters. The third-order valence-corrected chi connectivity index (χ3v) is 7.75. The Labute approximate surface area is 211 Å². The molecule has 1 aliphatic heterocycles. The van der Waals surface area contributed by atoms with E-state index in [0.29, 0.717) is 61.6 Å². The molecule has 2 aromatic heterocycles. The molecule has 0 radical (unpaired) electrons. The fraction of sp³-hybridized carbons (Fsp3) is 0.542. The molecule has 0 saturated carbocycles. The molecular weight excluding hydrogens is 484 g/mol. The predicted molar refractivity (Wildman–Crippen MR) is 139 cm³/mol. The number of piperazine rings is 1. The smallest absolute Gasteiger partial charge is 0.277 e. The zero-order valence-corrected chi connectivity index (χ0v) is 22.4. The maximum Gasteiger partial charge on any atom is 0.277 e. The van der Waals surface area contributed by atoms with Crippen LogP contribution in [0.3, 0.4) is 0 Å². The zero-order valence-electron chi connectivity index (χ0n) is 21.6. The summed E-state index contributed by atoms with van der Waals surface area (Å²) in [5, 5.41) is 12.0. The lowest BCUT2D eigenvalue weighted by Gasteiger charge is -2.31. The number of aliphatic hydroxyl groups excluding tert-OH is 1. The largest absolute Gasteiger partial charge is 0.493 e. The van der Waals surface area contributed by atoms with Crippen molar-refractivity contribution in [2.75, 3.05) is 46.4 Å². The first-order valence-electron chi connectivity index (χ1n) is 12.2. The molecule has 3 aromatic rings. The van der Waals surface area contributed by atoms with E-state index in [0.717, 1.165) is 12.1 Å². The number of sulfonamides is 1. The zero-order chi connectivity index (χ0) is 26.5. The van der Waals surface area contributed by atoms with Gasteiger partial charge in [-0.25, -0.2) is 13.4 Å². The summed E-state index contributed by atoms with van der Waals surface area (Å²) in [4.78, 5) is 22.7. The maximum atomic E-state index is 13.3. The molecule has 0 atom stereocenters.